The Morgan fingerprint density at radius 1 is 0.971 bits per heavy atom. The SMILES string of the molecule is CC(=O)c1ccc(S(=O)(=O)N(C)CCCC(=O)N=c2ccccn2Cc2ccc(C)cc2)cc1. The highest BCUT2D eigenvalue weighted by atomic mass is 32.2. The molecule has 0 aliphatic rings. The van der Waals surface area contributed by atoms with E-state index >= 15 is 0 Å². The van der Waals surface area contributed by atoms with Crippen LogP contribution < -0.4 is 5.49 Å². The molecule has 2 aromatic carbocycles. The average Bonchev–Trinajstić information content (AvgIpc) is 2.81. The van der Waals surface area contributed by atoms with Crippen LogP contribution in [-0.4, -0.2) is 42.6 Å². The Hall–Kier alpha value is -3.36. The average molecular weight is 480 g/mol. The number of benzene rings is 2. The highest BCUT2D eigenvalue weighted by Gasteiger charge is 2.20. The first-order valence-corrected chi connectivity index (χ1v) is 12.5. The molecule has 1 amide bonds. The Kier molecular flexibility index (Phi) is 8.31. The lowest BCUT2D eigenvalue weighted by atomic mass is 10.1. The van der Waals surface area contributed by atoms with E-state index < -0.39 is 10.0 Å². The van der Waals surface area contributed by atoms with E-state index in [-0.39, 0.29) is 29.6 Å². The number of carbonyl (C=O) groups is 2. The smallest absolute Gasteiger partial charge is 0.247 e. The van der Waals surface area contributed by atoms with E-state index in [1.165, 1.54) is 48.1 Å². The van der Waals surface area contributed by atoms with Crippen molar-refractivity contribution < 1.29 is 18.0 Å². The number of ketones is 1. The lowest BCUT2D eigenvalue weighted by Gasteiger charge is -2.17. The zero-order valence-electron chi connectivity index (χ0n) is 19.6. The molecule has 8 heteroatoms. The van der Waals surface area contributed by atoms with Gasteiger partial charge in [0.25, 0.3) is 0 Å². The van der Waals surface area contributed by atoms with Crippen LogP contribution in [0, 0.1) is 6.92 Å². The lowest BCUT2D eigenvalue weighted by Crippen LogP contribution is -2.28. The van der Waals surface area contributed by atoms with Gasteiger partial charge < -0.3 is 4.57 Å². The monoisotopic (exact) mass is 479 g/mol. The molecule has 0 atom stereocenters. The van der Waals surface area contributed by atoms with Crippen LogP contribution in [0.1, 0.15) is 41.3 Å². The van der Waals surface area contributed by atoms with Crippen molar-refractivity contribution in [3.63, 3.8) is 0 Å². The fraction of sp³-hybridized carbons (Fsp3) is 0.269. The van der Waals surface area contributed by atoms with Gasteiger partial charge in [0.15, 0.2) is 5.78 Å². The van der Waals surface area contributed by atoms with Gasteiger partial charge in [0.2, 0.25) is 15.9 Å². The summed E-state index contributed by atoms with van der Waals surface area (Å²) in [6.45, 7) is 4.23. The molecule has 0 unspecified atom stereocenters. The van der Waals surface area contributed by atoms with Gasteiger partial charge in [-0.05, 0) is 50.1 Å². The van der Waals surface area contributed by atoms with Crippen molar-refractivity contribution in [3.05, 3.63) is 95.1 Å². The number of aryl methyl sites for hydroxylation is 1. The molecule has 0 bridgehead atoms. The molecule has 0 saturated heterocycles. The number of rotatable bonds is 9. The van der Waals surface area contributed by atoms with E-state index in [1.807, 2.05) is 54.1 Å². The Labute approximate surface area is 200 Å². The highest BCUT2D eigenvalue weighted by Crippen LogP contribution is 2.16. The summed E-state index contributed by atoms with van der Waals surface area (Å²) in [4.78, 5) is 28.2. The first kappa shape index (κ1) is 25.3. The molecule has 0 fully saturated rings. The topological polar surface area (TPSA) is 88.8 Å². The predicted molar refractivity (Wildman–Crippen MR) is 131 cm³/mol. The van der Waals surface area contributed by atoms with Gasteiger partial charge >= 0.3 is 0 Å². The summed E-state index contributed by atoms with van der Waals surface area (Å²) in [6, 6.07) is 19.5. The number of hydrogen-bond acceptors (Lipinski definition) is 4. The quantitative estimate of drug-likeness (QED) is 0.439. The molecule has 0 saturated carbocycles. The van der Waals surface area contributed by atoms with Gasteiger partial charge in [-0.2, -0.15) is 4.99 Å². The van der Waals surface area contributed by atoms with Crippen molar-refractivity contribution in [3.8, 4) is 0 Å². The van der Waals surface area contributed by atoms with Crippen LogP contribution in [0.5, 0.6) is 0 Å². The summed E-state index contributed by atoms with van der Waals surface area (Å²) in [7, 11) is -2.23. The summed E-state index contributed by atoms with van der Waals surface area (Å²) in [5, 5.41) is 0. The molecule has 7 nitrogen and oxygen atoms in total. The zero-order valence-corrected chi connectivity index (χ0v) is 20.5. The van der Waals surface area contributed by atoms with Crippen LogP contribution in [0.3, 0.4) is 0 Å². The van der Waals surface area contributed by atoms with E-state index in [1.54, 1.807) is 6.07 Å². The summed E-state index contributed by atoms with van der Waals surface area (Å²) in [6.07, 6.45) is 2.35. The molecule has 3 rings (SSSR count). The van der Waals surface area contributed by atoms with Gasteiger partial charge in [0.1, 0.15) is 5.49 Å². The molecular formula is C26H29N3O4S. The number of amides is 1. The van der Waals surface area contributed by atoms with Crippen LogP contribution in [0.2, 0.25) is 0 Å². The molecule has 1 heterocycles. The number of pyridine rings is 1. The number of nitrogens with zero attached hydrogens (tertiary/aromatic N) is 3. The molecule has 0 aliphatic carbocycles. The fourth-order valence-electron chi connectivity index (χ4n) is 3.39. The minimum Gasteiger partial charge on any atom is -0.329 e. The van der Waals surface area contributed by atoms with E-state index in [0.717, 1.165) is 5.56 Å². The summed E-state index contributed by atoms with van der Waals surface area (Å²) < 4.78 is 28.6. The highest BCUT2D eigenvalue weighted by molar-refractivity contribution is 7.89. The molecule has 1 aromatic heterocycles. The standard InChI is InChI=1S/C26H29N3O4S/c1-20-9-11-22(12-10-20)19-29-18-5-4-7-25(29)27-26(31)8-6-17-28(3)34(32,33)24-15-13-23(14-16-24)21(2)30/h4-5,7,9-16,18H,6,8,17,19H2,1-3H3. The van der Waals surface area contributed by atoms with Crippen molar-refractivity contribution in [2.75, 3.05) is 13.6 Å². The maximum atomic E-state index is 12.7. The second kappa shape index (κ2) is 11.2. The van der Waals surface area contributed by atoms with Crippen LogP contribution in [0.4, 0.5) is 0 Å². The fourth-order valence-corrected chi connectivity index (χ4v) is 4.60. The Balaban J connectivity index is 1.61. The number of aromatic nitrogens is 1. The Bertz CT molecular complexity index is 1330. The first-order valence-electron chi connectivity index (χ1n) is 11.0. The van der Waals surface area contributed by atoms with Crippen LogP contribution in [0.25, 0.3) is 0 Å². The molecule has 0 spiro atoms. The third-order valence-electron chi connectivity index (χ3n) is 5.46. The molecular weight excluding hydrogens is 450 g/mol. The van der Waals surface area contributed by atoms with Gasteiger partial charge in [-0.25, -0.2) is 12.7 Å². The molecule has 0 aliphatic heterocycles. The summed E-state index contributed by atoms with van der Waals surface area (Å²) in [5.74, 6) is -0.432. The Morgan fingerprint density at radius 2 is 1.65 bits per heavy atom. The number of Topliss-reactive ketones (excluding diaryl/α,β-unsaturated/α-hetero) is 1. The molecule has 0 radical (unpaired) electrons. The van der Waals surface area contributed by atoms with Gasteiger partial charge in [-0.1, -0.05) is 48.0 Å². The second-order valence-corrected chi connectivity index (χ2v) is 10.2. The number of sulfonamides is 1. The maximum absolute atomic E-state index is 12.7. The lowest BCUT2D eigenvalue weighted by molar-refractivity contribution is -0.118. The minimum atomic E-state index is -3.71. The van der Waals surface area contributed by atoms with Crippen molar-refractivity contribution in [1.29, 1.82) is 0 Å². The second-order valence-electron chi connectivity index (χ2n) is 8.19. The zero-order chi connectivity index (χ0) is 24.7. The van der Waals surface area contributed by atoms with E-state index in [0.29, 0.717) is 24.0 Å². The predicted octanol–water partition coefficient (Wildman–Crippen LogP) is 3.58. The van der Waals surface area contributed by atoms with Crippen molar-refractivity contribution in [1.82, 2.24) is 8.87 Å². The summed E-state index contributed by atoms with van der Waals surface area (Å²) >= 11 is 0. The third-order valence-corrected chi connectivity index (χ3v) is 7.33. The van der Waals surface area contributed by atoms with Crippen molar-refractivity contribution >= 4 is 21.7 Å². The summed E-state index contributed by atoms with van der Waals surface area (Å²) in [5.41, 5.74) is 3.30. The van der Waals surface area contributed by atoms with Crippen LogP contribution >= 0.6 is 0 Å². The van der Waals surface area contributed by atoms with Crippen molar-refractivity contribution in [2.24, 2.45) is 4.99 Å². The molecule has 178 valence electrons. The van der Waals surface area contributed by atoms with Gasteiger partial charge in [0, 0.05) is 38.3 Å². The number of carbonyl (C=O) groups excluding carboxylic acids is 2. The van der Waals surface area contributed by atoms with Crippen LogP contribution in [0.15, 0.2) is 82.8 Å². The van der Waals surface area contributed by atoms with Crippen LogP contribution in [-0.2, 0) is 21.4 Å². The van der Waals surface area contributed by atoms with E-state index in [4.69, 9.17) is 0 Å². The minimum absolute atomic E-state index is 0.109. The normalized spacial score (nSPS) is 12.2. The van der Waals surface area contributed by atoms with Crippen molar-refractivity contribution in [2.45, 2.75) is 38.1 Å². The Morgan fingerprint density at radius 3 is 2.29 bits per heavy atom. The van der Waals surface area contributed by atoms with Gasteiger partial charge in [-0.3, -0.25) is 9.59 Å². The molecule has 0 N–H and O–H groups in total. The largest absolute Gasteiger partial charge is 0.329 e. The third kappa shape index (κ3) is 6.59. The molecule has 34 heavy (non-hydrogen) atoms. The van der Waals surface area contributed by atoms with Gasteiger partial charge in [-0.15, -0.1) is 0 Å². The van der Waals surface area contributed by atoms with E-state index in [2.05, 4.69) is 4.99 Å². The van der Waals surface area contributed by atoms with Gasteiger partial charge in [0.05, 0.1) is 4.90 Å². The number of hydrogen-bond donors (Lipinski definition) is 0. The maximum Gasteiger partial charge on any atom is 0.247 e. The first-order chi connectivity index (χ1) is 16.2. The van der Waals surface area contributed by atoms with E-state index in [9.17, 15) is 18.0 Å². The molecule has 3 aromatic rings.